The maximum Gasteiger partial charge on any atom is 0.234 e. The van der Waals surface area contributed by atoms with E-state index in [1.165, 1.54) is 25.7 Å². The number of nitrogens with two attached hydrogens (primary N) is 1. The zero-order valence-corrected chi connectivity index (χ0v) is 12.0. The molecule has 2 saturated carbocycles. The van der Waals surface area contributed by atoms with Gasteiger partial charge in [-0.3, -0.25) is 9.69 Å². The van der Waals surface area contributed by atoms with Crippen LogP contribution in [0.1, 0.15) is 38.5 Å². The van der Waals surface area contributed by atoms with Crippen LogP contribution in [0.2, 0.25) is 0 Å². The van der Waals surface area contributed by atoms with Gasteiger partial charge < -0.3 is 11.1 Å². The minimum Gasteiger partial charge on any atom is -0.352 e. The number of carbonyl (C=O) groups is 1. The average molecular weight is 276 g/mol. The van der Waals surface area contributed by atoms with E-state index in [9.17, 15) is 4.79 Å². The lowest BCUT2D eigenvalue weighted by Gasteiger charge is -2.26. The number of hydrogen-bond acceptors (Lipinski definition) is 3. The number of nitrogens with one attached hydrogen (secondary N) is 1. The van der Waals surface area contributed by atoms with Gasteiger partial charge in [-0.25, -0.2) is 0 Å². The van der Waals surface area contributed by atoms with Crippen LogP contribution in [0.15, 0.2) is 0 Å². The summed E-state index contributed by atoms with van der Waals surface area (Å²) in [6, 6.07) is 0.817. The molecule has 0 spiro atoms. The van der Waals surface area contributed by atoms with Crippen molar-refractivity contribution in [2.24, 2.45) is 11.7 Å². The third kappa shape index (κ3) is 4.41. The Morgan fingerprint density at radius 2 is 1.94 bits per heavy atom. The molecular weight excluding hydrogens is 250 g/mol. The summed E-state index contributed by atoms with van der Waals surface area (Å²) in [5, 5.41) is 3.13. The number of likely N-dealkylation sites (N-methyl/N-ethyl adjacent to an activating group) is 1. The highest BCUT2D eigenvalue weighted by atomic mass is 35.5. The molecule has 0 heterocycles. The van der Waals surface area contributed by atoms with E-state index in [-0.39, 0.29) is 18.3 Å². The number of hydrogen-bond donors (Lipinski definition) is 2. The smallest absolute Gasteiger partial charge is 0.234 e. The van der Waals surface area contributed by atoms with Gasteiger partial charge >= 0.3 is 0 Å². The van der Waals surface area contributed by atoms with Crippen LogP contribution in [0, 0.1) is 5.92 Å². The minimum absolute atomic E-state index is 0. The number of carbonyl (C=O) groups excluding carboxylic acids is 1. The summed E-state index contributed by atoms with van der Waals surface area (Å²) in [7, 11) is 2.02. The predicted molar refractivity (Wildman–Crippen MR) is 75.8 cm³/mol. The van der Waals surface area contributed by atoms with Crippen molar-refractivity contribution in [2.75, 3.05) is 20.1 Å². The Bertz CT molecular complexity index is 265. The molecule has 1 atom stereocenters. The predicted octanol–water partition coefficient (Wildman–Crippen LogP) is 1.14. The van der Waals surface area contributed by atoms with Crippen molar-refractivity contribution in [1.29, 1.82) is 0 Å². The zero-order valence-electron chi connectivity index (χ0n) is 11.2. The Hall–Kier alpha value is -0.320. The van der Waals surface area contributed by atoms with E-state index in [0.717, 1.165) is 18.8 Å². The fourth-order valence-corrected chi connectivity index (χ4v) is 2.90. The standard InChI is InChI=1S/C13H25N3O.ClH/c1-16(12(8-14)10-6-7-10)9-13(17)15-11-4-2-3-5-11;/h10-12H,2-9,14H2,1H3,(H,15,17);1H. The van der Waals surface area contributed by atoms with Gasteiger partial charge in [-0.1, -0.05) is 12.8 Å². The van der Waals surface area contributed by atoms with Gasteiger partial charge in [-0.05, 0) is 38.6 Å². The van der Waals surface area contributed by atoms with E-state index in [1.807, 2.05) is 7.05 Å². The molecule has 0 saturated heterocycles. The van der Waals surface area contributed by atoms with Gasteiger partial charge in [0.2, 0.25) is 5.91 Å². The monoisotopic (exact) mass is 275 g/mol. The second-order valence-electron chi connectivity index (χ2n) is 5.60. The lowest BCUT2D eigenvalue weighted by molar-refractivity contribution is -0.123. The lowest BCUT2D eigenvalue weighted by Crippen LogP contribution is -2.46. The molecule has 2 fully saturated rings. The first-order valence-electron chi connectivity index (χ1n) is 6.90. The van der Waals surface area contributed by atoms with Crippen molar-refractivity contribution in [3.8, 4) is 0 Å². The second-order valence-corrected chi connectivity index (χ2v) is 5.60. The first kappa shape index (κ1) is 15.7. The molecule has 18 heavy (non-hydrogen) atoms. The Morgan fingerprint density at radius 3 is 2.44 bits per heavy atom. The SMILES string of the molecule is CN(CC(=O)NC1CCCC1)C(CN)C1CC1.Cl. The number of rotatable bonds is 6. The van der Waals surface area contributed by atoms with Crippen molar-refractivity contribution < 1.29 is 4.79 Å². The van der Waals surface area contributed by atoms with Crippen molar-refractivity contribution in [3.05, 3.63) is 0 Å². The topological polar surface area (TPSA) is 58.4 Å². The van der Waals surface area contributed by atoms with Crippen LogP contribution < -0.4 is 11.1 Å². The van der Waals surface area contributed by atoms with Gasteiger partial charge in [0.25, 0.3) is 0 Å². The Kier molecular flexibility index (Phi) is 6.39. The number of nitrogens with zero attached hydrogens (tertiary/aromatic N) is 1. The zero-order chi connectivity index (χ0) is 12.3. The first-order chi connectivity index (χ1) is 8.20. The summed E-state index contributed by atoms with van der Waals surface area (Å²) in [6.07, 6.45) is 7.37. The van der Waals surface area contributed by atoms with Gasteiger partial charge in [0, 0.05) is 18.6 Å². The Balaban J connectivity index is 0.00000162. The van der Waals surface area contributed by atoms with Crippen molar-refractivity contribution in [2.45, 2.75) is 50.6 Å². The summed E-state index contributed by atoms with van der Waals surface area (Å²) >= 11 is 0. The maximum absolute atomic E-state index is 11.9. The summed E-state index contributed by atoms with van der Waals surface area (Å²) in [5.74, 6) is 0.891. The van der Waals surface area contributed by atoms with Crippen LogP contribution in [0.3, 0.4) is 0 Å². The maximum atomic E-state index is 11.9. The molecule has 0 aliphatic heterocycles. The summed E-state index contributed by atoms with van der Waals surface area (Å²) < 4.78 is 0. The van der Waals surface area contributed by atoms with Crippen LogP contribution in [-0.4, -0.2) is 43.0 Å². The molecule has 4 nitrogen and oxygen atoms in total. The summed E-state index contributed by atoms with van der Waals surface area (Å²) in [6.45, 7) is 1.16. The molecule has 3 N–H and O–H groups in total. The average Bonchev–Trinajstić information content (AvgIpc) is 2.97. The van der Waals surface area contributed by atoms with Gasteiger partial charge in [-0.2, -0.15) is 0 Å². The molecule has 0 aromatic carbocycles. The number of halogens is 1. The normalized spacial score (nSPS) is 21.7. The molecule has 2 aliphatic carbocycles. The Morgan fingerprint density at radius 1 is 1.33 bits per heavy atom. The van der Waals surface area contributed by atoms with E-state index >= 15 is 0 Å². The van der Waals surface area contributed by atoms with Crippen LogP contribution in [0.5, 0.6) is 0 Å². The lowest BCUT2D eigenvalue weighted by atomic mass is 10.1. The fourth-order valence-electron chi connectivity index (χ4n) is 2.90. The quantitative estimate of drug-likeness (QED) is 0.764. The molecule has 2 aliphatic rings. The summed E-state index contributed by atoms with van der Waals surface area (Å²) in [4.78, 5) is 14.0. The molecule has 1 amide bonds. The van der Waals surface area contributed by atoms with Crippen molar-refractivity contribution in [3.63, 3.8) is 0 Å². The van der Waals surface area contributed by atoms with E-state index < -0.39 is 0 Å². The molecule has 0 bridgehead atoms. The molecule has 0 aromatic rings. The van der Waals surface area contributed by atoms with Crippen LogP contribution >= 0.6 is 12.4 Å². The van der Waals surface area contributed by atoms with Crippen LogP contribution in [0.4, 0.5) is 0 Å². The minimum atomic E-state index is 0. The molecule has 2 rings (SSSR count). The van der Waals surface area contributed by atoms with E-state index in [1.54, 1.807) is 0 Å². The molecule has 1 unspecified atom stereocenters. The van der Waals surface area contributed by atoms with Gasteiger partial charge in [0.15, 0.2) is 0 Å². The molecule has 0 radical (unpaired) electrons. The van der Waals surface area contributed by atoms with Crippen molar-refractivity contribution in [1.82, 2.24) is 10.2 Å². The van der Waals surface area contributed by atoms with Gasteiger partial charge in [0.05, 0.1) is 6.54 Å². The first-order valence-corrected chi connectivity index (χ1v) is 6.90. The number of amides is 1. The fraction of sp³-hybridized carbons (Fsp3) is 0.923. The van der Waals surface area contributed by atoms with E-state index in [0.29, 0.717) is 25.2 Å². The molecular formula is C13H26ClN3O. The highest BCUT2D eigenvalue weighted by Crippen LogP contribution is 2.34. The highest BCUT2D eigenvalue weighted by molar-refractivity contribution is 5.85. The van der Waals surface area contributed by atoms with Gasteiger partial charge in [-0.15, -0.1) is 12.4 Å². The van der Waals surface area contributed by atoms with Gasteiger partial charge in [0.1, 0.15) is 0 Å². The Labute approximate surface area is 116 Å². The van der Waals surface area contributed by atoms with Crippen LogP contribution in [0.25, 0.3) is 0 Å². The van der Waals surface area contributed by atoms with E-state index in [4.69, 9.17) is 5.73 Å². The largest absolute Gasteiger partial charge is 0.352 e. The molecule has 106 valence electrons. The highest BCUT2D eigenvalue weighted by Gasteiger charge is 2.33. The molecule has 5 heteroatoms. The third-order valence-corrected chi connectivity index (χ3v) is 4.09. The van der Waals surface area contributed by atoms with E-state index in [2.05, 4.69) is 10.2 Å². The van der Waals surface area contributed by atoms with Crippen molar-refractivity contribution >= 4 is 18.3 Å². The summed E-state index contributed by atoms with van der Waals surface area (Å²) in [5.41, 5.74) is 5.78. The molecule has 0 aromatic heterocycles. The van der Waals surface area contributed by atoms with Crippen LogP contribution in [-0.2, 0) is 4.79 Å². The second kappa shape index (κ2) is 7.31. The third-order valence-electron chi connectivity index (χ3n) is 4.09.